The molecule has 0 aliphatic carbocycles. The Morgan fingerprint density at radius 2 is 2.10 bits per heavy atom. The van der Waals surface area contributed by atoms with E-state index in [0.717, 1.165) is 0 Å². The van der Waals surface area contributed by atoms with Crippen LogP contribution >= 0.6 is 0 Å². The van der Waals surface area contributed by atoms with E-state index >= 15 is 0 Å². The van der Waals surface area contributed by atoms with Gasteiger partial charge in [-0.05, 0) is 12.3 Å². The van der Waals surface area contributed by atoms with Gasteiger partial charge in [0.2, 0.25) is 0 Å². The fourth-order valence-electron chi connectivity index (χ4n) is 1.36. The van der Waals surface area contributed by atoms with Crippen molar-refractivity contribution in [3.05, 3.63) is 18.2 Å². The first-order valence-corrected chi connectivity index (χ1v) is 6.49. The van der Waals surface area contributed by atoms with Crippen molar-refractivity contribution in [1.29, 1.82) is 0 Å². The van der Waals surface area contributed by atoms with Crippen molar-refractivity contribution >= 4 is 12.0 Å². The van der Waals surface area contributed by atoms with Crippen molar-refractivity contribution in [3.8, 4) is 0 Å². The van der Waals surface area contributed by atoms with Crippen LogP contribution in [0.2, 0.25) is 0 Å². The van der Waals surface area contributed by atoms with Gasteiger partial charge in [0, 0.05) is 25.3 Å². The van der Waals surface area contributed by atoms with Crippen LogP contribution in [0.4, 0.5) is 4.79 Å². The van der Waals surface area contributed by atoms with Gasteiger partial charge >= 0.3 is 12.0 Å². The summed E-state index contributed by atoms with van der Waals surface area (Å²) in [6, 6.07) is -0.180. The van der Waals surface area contributed by atoms with Gasteiger partial charge in [-0.2, -0.15) is 0 Å². The lowest BCUT2D eigenvalue weighted by Gasteiger charge is -2.28. The Morgan fingerprint density at radius 3 is 2.60 bits per heavy atom. The second kappa shape index (κ2) is 6.40. The summed E-state index contributed by atoms with van der Waals surface area (Å²) in [5, 5.41) is 14.3. The van der Waals surface area contributed by atoms with Crippen molar-refractivity contribution in [3.63, 3.8) is 0 Å². The van der Waals surface area contributed by atoms with Gasteiger partial charge in [0.05, 0.1) is 6.33 Å². The van der Waals surface area contributed by atoms with Gasteiger partial charge in [0.25, 0.3) is 0 Å². The van der Waals surface area contributed by atoms with Crippen molar-refractivity contribution < 1.29 is 14.7 Å². The zero-order chi connectivity index (χ0) is 15.3. The zero-order valence-corrected chi connectivity index (χ0v) is 12.3. The minimum Gasteiger partial charge on any atom is -0.476 e. The van der Waals surface area contributed by atoms with Crippen LogP contribution in [-0.2, 0) is 6.54 Å². The molecule has 0 aliphatic heterocycles. The quantitative estimate of drug-likeness (QED) is 0.758. The predicted octanol–water partition coefficient (Wildman–Crippen LogP) is 1.32. The zero-order valence-electron chi connectivity index (χ0n) is 12.3. The average molecular weight is 282 g/mol. The molecule has 0 saturated heterocycles. The molecular weight excluding hydrogens is 260 g/mol. The van der Waals surface area contributed by atoms with E-state index in [4.69, 9.17) is 5.11 Å². The number of rotatable bonds is 5. The molecule has 112 valence electrons. The van der Waals surface area contributed by atoms with Crippen LogP contribution in [0, 0.1) is 5.41 Å². The Hall–Kier alpha value is -2.05. The third kappa shape index (κ3) is 4.91. The van der Waals surface area contributed by atoms with Crippen LogP contribution in [-0.4, -0.2) is 39.2 Å². The van der Waals surface area contributed by atoms with E-state index in [1.807, 2.05) is 6.92 Å². The second-order valence-electron chi connectivity index (χ2n) is 5.79. The molecule has 0 bridgehead atoms. The Balaban J connectivity index is 2.33. The molecule has 1 aromatic heterocycles. The smallest absolute Gasteiger partial charge is 0.356 e. The normalized spacial score (nSPS) is 12.8. The van der Waals surface area contributed by atoms with Crippen molar-refractivity contribution in [2.24, 2.45) is 5.41 Å². The monoisotopic (exact) mass is 282 g/mol. The summed E-state index contributed by atoms with van der Waals surface area (Å²) in [6.07, 6.45) is 2.86. The van der Waals surface area contributed by atoms with Crippen LogP contribution in [0.1, 0.15) is 38.2 Å². The highest BCUT2D eigenvalue weighted by Crippen LogP contribution is 2.18. The Morgan fingerprint density at radius 1 is 1.45 bits per heavy atom. The second-order valence-corrected chi connectivity index (χ2v) is 5.79. The third-order valence-electron chi connectivity index (χ3n) is 3.15. The molecule has 0 radical (unpaired) electrons. The molecule has 0 fully saturated rings. The number of carbonyl (C=O) groups is 2. The molecule has 2 amide bonds. The molecule has 7 heteroatoms. The highest BCUT2D eigenvalue weighted by atomic mass is 16.4. The molecule has 7 nitrogen and oxygen atoms in total. The van der Waals surface area contributed by atoms with Gasteiger partial charge < -0.3 is 20.3 Å². The molecular formula is C13H22N4O3. The number of carbonyl (C=O) groups excluding carboxylic acids is 1. The van der Waals surface area contributed by atoms with E-state index < -0.39 is 5.97 Å². The lowest BCUT2D eigenvalue weighted by molar-refractivity contribution is 0.0691. The Bertz CT molecular complexity index is 476. The third-order valence-corrected chi connectivity index (χ3v) is 3.15. The van der Waals surface area contributed by atoms with Crippen LogP contribution in [0.3, 0.4) is 0 Å². The number of carboxylic acid groups (broad SMARTS) is 1. The number of carboxylic acids is 1. The molecule has 0 aliphatic rings. The SMILES string of the molecule is CC(NC(=O)NCCn1cnc(C(=O)O)c1)C(C)(C)C. The van der Waals surface area contributed by atoms with Gasteiger partial charge in [-0.3, -0.25) is 0 Å². The fraction of sp³-hybridized carbons (Fsp3) is 0.615. The maximum Gasteiger partial charge on any atom is 0.356 e. The number of aromatic carboxylic acids is 1. The molecule has 0 aromatic carbocycles. The highest BCUT2D eigenvalue weighted by molar-refractivity contribution is 5.84. The van der Waals surface area contributed by atoms with Crippen LogP contribution in [0.5, 0.6) is 0 Å². The number of aromatic nitrogens is 2. The number of amides is 2. The molecule has 0 spiro atoms. The van der Waals surface area contributed by atoms with E-state index in [0.29, 0.717) is 13.1 Å². The molecule has 1 atom stereocenters. The largest absolute Gasteiger partial charge is 0.476 e. The first-order valence-electron chi connectivity index (χ1n) is 6.49. The first kappa shape index (κ1) is 16.0. The minimum absolute atomic E-state index is 0.00191. The van der Waals surface area contributed by atoms with Crippen LogP contribution in [0.25, 0.3) is 0 Å². The molecule has 1 aromatic rings. The van der Waals surface area contributed by atoms with Gasteiger partial charge in [-0.15, -0.1) is 0 Å². The molecule has 0 saturated carbocycles. The van der Waals surface area contributed by atoms with Crippen LogP contribution < -0.4 is 10.6 Å². The Kier molecular flexibility index (Phi) is 5.12. The van der Waals surface area contributed by atoms with Gasteiger partial charge in [-0.1, -0.05) is 20.8 Å². The molecule has 20 heavy (non-hydrogen) atoms. The number of hydrogen-bond donors (Lipinski definition) is 3. The Labute approximate surface area is 118 Å². The summed E-state index contributed by atoms with van der Waals surface area (Å²) in [5.41, 5.74) is -0.00579. The predicted molar refractivity (Wildman–Crippen MR) is 74.6 cm³/mol. The van der Waals surface area contributed by atoms with E-state index in [9.17, 15) is 9.59 Å². The number of hydrogen-bond acceptors (Lipinski definition) is 3. The number of nitrogens with zero attached hydrogens (tertiary/aromatic N) is 2. The lowest BCUT2D eigenvalue weighted by Crippen LogP contribution is -2.46. The molecule has 1 rings (SSSR count). The van der Waals surface area contributed by atoms with Crippen molar-refractivity contribution in [1.82, 2.24) is 20.2 Å². The van der Waals surface area contributed by atoms with Gasteiger partial charge in [0.1, 0.15) is 0 Å². The fourth-order valence-corrected chi connectivity index (χ4v) is 1.36. The standard InChI is InChI=1S/C13H22N4O3/c1-9(13(2,3)4)16-12(20)14-5-6-17-7-10(11(18)19)15-8-17/h7-9H,5-6H2,1-4H3,(H,18,19)(H2,14,16,20). The van der Waals surface area contributed by atoms with E-state index in [1.54, 1.807) is 4.57 Å². The first-order chi connectivity index (χ1) is 9.20. The maximum absolute atomic E-state index is 11.7. The molecule has 3 N–H and O–H groups in total. The topological polar surface area (TPSA) is 96.3 Å². The number of urea groups is 1. The summed E-state index contributed by atoms with van der Waals surface area (Å²) < 4.78 is 1.62. The summed E-state index contributed by atoms with van der Waals surface area (Å²) in [4.78, 5) is 26.0. The summed E-state index contributed by atoms with van der Waals surface area (Å²) in [6.45, 7) is 8.98. The van der Waals surface area contributed by atoms with Crippen LogP contribution in [0.15, 0.2) is 12.5 Å². The number of imidazole rings is 1. The van der Waals surface area contributed by atoms with Gasteiger partial charge in [0.15, 0.2) is 5.69 Å². The summed E-state index contributed by atoms with van der Waals surface area (Å²) in [5.74, 6) is -1.06. The summed E-state index contributed by atoms with van der Waals surface area (Å²) >= 11 is 0. The van der Waals surface area contributed by atoms with Crippen molar-refractivity contribution in [2.45, 2.75) is 40.3 Å². The number of nitrogens with one attached hydrogen (secondary N) is 2. The van der Waals surface area contributed by atoms with Gasteiger partial charge in [-0.25, -0.2) is 14.6 Å². The molecule has 1 heterocycles. The van der Waals surface area contributed by atoms with E-state index in [1.165, 1.54) is 12.5 Å². The highest BCUT2D eigenvalue weighted by Gasteiger charge is 2.21. The summed E-state index contributed by atoms with van der Waals surface area (Å²) in [7, 11) is 0. The van der Waals surface area contributed by atoms with Crippen molar-refractivity contribution in [2.75, 3.05) is 6.54 Å². The maximum atomic E-state index is 11.7. The van der Waals surface area contributed by atoms with E-state index in [2.05, 4.69) is 36.4 Å². The molecule has 1 unspecified atom stereocenters. The average Bonchev–Trinajstić information content (AvgIpc) is 2.76. The van der Waals surface area contributed by atoms with E-state index in [-0.39, 0.29) is 23.2 Å². The lowest BCUT2D eigenvalue weighted by atomic mass is 9.88. The minimum atomic E-state index is -1.06.